The Morgan fingerprint density at radius 2 is 1.85 bits per heavy atom. The fourth-order valence-corrected chi connectivity index (χ4v) is 1.81. The lowest BCUT2D eigenvalue weighted by Crippen LogP contribution is -2.16. The number of rotatable bonds is 7. The van der Waals surface area contributed by atoms with E-state index in [9.17, 15) is 0 Å². The lowest BCUT2D eigenvalue weighted by Gasteiger charge is -2.07. The Balaban J connectivity index is 2.41. The standard InChI is InChI=1S/C15H23NO3Si/c1-17-6-7-18-8-9-19-15-11-14(12-16-13-15)5-10-20(2,3)4/h11-13H,6-9H2,1-4H3. The number of methoxy groups -OCH3 is 1. The molecule has 0 unspecified atom stereocenters. The van der Waals surface area contributed by atoms with E-state index in [1.54, 1.807) is 19.5 Å². The Hall–Kier alpha value is -1.35. The van der Waals surface area contributed by atoms with E-state index < -0.39 is 8.07 Å². The summed E-state index contributed by atoms with van der Waals surface area (Å²) in [5, 5.41) is 0. The molecule has 0 saturated heterocycles. The first-order valence-corrected chi connectivity index (χ1v) is 10.2. The fourth-order valence-electron chi connectivity index (χ4n) is 1.29. The molecule has 1 rings (SSSR count). The van der Waals surface area contributed by atoms with Crippen LogP contribution in [-0.2, 0) is 9.47 Å². The summed E-state index contributed by atoms with van der Waals surface area (Å²) >= 11 is 0. The molecule has 0 radical (unpaired) electrons. The first-order chi connectivity index (χ1) is 9.51. The summed E-state index contributed by atoms with van der Waals surface area (Å²) in [5.41, 5.74) is 4.20. The third-order valence-electron chi connectivity index (χ3n) is 2.22. The first kappa shape index (κ1) is 16.7. The van der Waals surface area contributed by atoms with E-state index in [4.69, 9.17) is 14.2 Å². The summed E-state index contributed by atoms with van der Waals surface area (Å²) in [5.74, 6) is 3.89. The van der Waals surface area contributed by atoms with Gasteiger partial charge in [-0.05, 0) is 6.07 Å². The van der Waals surface area contributed by atoms with Crippen LogP contribution in [0.3, 0.4) is 0 Å². The van der Waals surface area contributed by atoms with E-state index in [0.29, 0.717) is 26.4 Å². The second-order valence-corrected chi connectivity index (χ2v) is 10.1. The van der Waals surface area contributed by atoms with E-state index >= 15 is 0 Å². The van der Waals surface area contributed by atoms with Crippen molar-refractivity contribution in [3.8, 4) is 17.2 Å². The SMILES string of the molecule is COCCOCCOc1cncc(C#C[Si](C)(C)C)c1. The van der Waals surface area contributed by atoms with Gasteiger partial charge in [0.15, 0.2) is 0 Å². The molecule has 110 valence electrons. The molecule has 20 heavy (non-hydrogen) atoms. The molecule has 1 aromatic rings. The molecule has 0 aliphatic heterocycles. The minimum Gasteiger partial charge on any atom is -0.490 e. The Labute approximate surface area is 122 Å². The maximum Gasteiger partial charge on any atom is 0.138 e. The molecule has 5 heteroatoms. The molecule has 0 N–H and O–H groups in total. The van der Waals surface area contributed by atoms with Gasteiger partial charge in [-0.25, -0.2) is 0 Å². The number of pyridine rings is 1. The summed E-state index contributed by atoms with van der Waals surface area (Å²) in [6.07, 6.45) is 3.45. The summed E-state index contributed by atoms with van der Waals surface area (Å²) in [6, 6.07) is 1.91. The van der Waals surface area contributed by atoms with Crippen molar-refractivity contribution in [2.24, 2.45) is 0 Å². The monoisotopic (exact) mass is 293 g/mol. The Bertz CT molecular complexity index is 460. The van der Waals surface area contributed by atoms with Crippen LogP contribution in [0.4, 0.5) is 0 Å². The summed E-state index contributed by atoms with van der Waals surface area (Å²) < 4.78 is 15.8. The topological polar surface area (TPSA) is 40.6 Å². The lowest BCUT2D eigenvalue weighted by atomic mass is 10.3. The molecule has 4 nitrogen and oxygen atoms in total. The fraction of sp³-hybridized carbons (Fsp3) is 0.533. The molecular weight excluding hydrogens is 270 g/mol. The van der Waals surface area contributed by atoms with Gasteiger partial charge in [-0.15, -0.1) is 5.54 Å². The maximum absolute atomic E-state index is 5.57. The van der Waals surface area contributed by atoms with Gasteiger partial charge in [0.1, 0.15) is 20.4 Å². The van der Waals surface area contributed by atoms with Crippen LogP contribution in [0.15, 0.2) is 18.5 Å². The maximum atomic E-state index is 5.57. The highest BCUT2D eigenvalue weighted by molar-refractivity contribution is 6.83. The quantitative estimate of drug-likeness (QED) is 0.439. The van der Waals surface area contributed by atoms with E-state index in [1.807, 2.05) is 6.07 Å². The van der Waals surface area contributed by atoms with Crippen molar-refractivity contribution in [1.29, 1.82) is 0 Å². The second kappa shape index (κ2) is 8.75. The Morgan fingerprint density at radius 3 is 2.55 bits per heavy atom. The molecular formula is C15H23NO3Si. The van der Waals surface area contributed by atoms with Crippen molar-refractivity contribution >= 4 is 8.07 Å². The van der Waals surface area contributed by atoms with Gasteiger partial charge in [0.2, 0.25) is 0 Å². The van der Waals surface area contributed by atoms with Gasteiger partial charge in [0, 0.05) is 18.9 Å². The minimum atomic E-state index is -1.36. The smallest absolute Gasteiger partial charge is 0.138 e. The molecule has 0 aliphatic rings. The van der Waals surface area contributed by atoms with E-state index in [0.717, 1.165) is 11.3 Å². The molecule has 0 aliphatic carbocycles. The van der Waals surface area contributed by atoms with Crippen molar-refractivity contribution in [2.45, 2.75) is 19.6 Å². The number of hydrogen-bond acceptors (Lipinski definition) is 4. The summed E-state index contributed by atoms with van der Waals surface area (Å²) in [4.78, 5) is 4.14. The molecule has 0 spiro atoms. The van der Waals surface area contributed by atoms with Gasteiger partial charge in [0.05, 0.1) is 26.0 Å². The van der Waals surface area contributed by atoms with Gasteiger partial charge in [-0.1, -0.05) is 25.6 Å². The van der Waals surface area contributed by atoms with Crippen molar-refractivity contribution in [2.75, 3.05) is 33.5 Å². The van der Waals surface area contributed by atoms with E-state index in [2.05, 4.69) is 36.1 Å². The molecule has 0 atom stereocenters. The van der Waals surface area contributed by atoms with Crippen molar-refractivity contribution < 1.29 is 14.2 Å². The Kier molecular flexibility index (Phi) is 7.30. The van der Waals surface area contributed by atoms with Crippen LogP contribution < -0.4 is 4.74 Å². The number of ether oxygens (including phenoxy) is 3. The van der Waals surface area contributed by atoms with Crippen molar-refractivity contribution in [3.63, 3.8) is 0 Å². The van der Waals surface area contributed by atoms with Crippen LogP contribution in [0, 0.1) is 11.5 Å². The number of hydrogen-bond donors (Lipinski definition) is 0. The van der Waals surface area contributed by atoms with Crippen LogP contribution in [0.5, 0.6) is 5.75 Å². The third kappa shape index (κ3) is 7.95. The van der Waals surface area contributed by atoms with Crippen molar-refractivity contribution in [3.05, 3.63) is 24.0 Å². The Morgan fingerprint density at radius 1 is 1.10 bits per heavy atom. The highest BCUT2D eigenvalue weighted by Crippen LogP contribution is 2.10. The summed E-state index contributed by atoms with van der Waals surface area (Å²) in [6.45, 7) is 8.86. The highest BCUT2D eigenvalue weighted by Gasteiger charge is 2.07. The molecule has 1 heterocycles. The van der Waals surface area contributed by atoms with Crippen LogP contribution in [0.25, 0.3) is 0 Å². The molecule has 0 fully saturated rings. The second-order valence-electron chi connectivity index (χ2n) is 5.36. The lowest BCUT2D eigenvalue weighted by molar-refractivity contribution is 0.0543. The van der Waals surface area contributed by atoms with Crippen LogP contribution in [0.1, 0.15) is 5.56 Å². The van der Waals surface area contributed by atoms with Gasteiger partial charge in [-0.2, -0.15) is 0 Å². The van der Waals surface area contributed by atoms with Gasteiger partial charge in [-0.3, -0.25) is 4.98 Å². The molecule has 0 bridgehead atoms. The largest absolute Gasteiger partial charge is 0.490 e. The van der Waals surface area contributed by atoms with Gasteiger partial charge < -0.3 is 14.2 Å². The molecule has 0 aromatic carbocycles. The minimum absolute atomic E-state index is 0.496. The van der Waals surface area contributed by atoms with Crippen LogP contribution in [0.2, 0.25) is 19.6 Å². The molecule has 0 amide bonds. The average molecular weight is 293 g/mol. The third-order valence-corrected chi connectivity index (χ3v) is 3.10. The number of nitrogens with zero attached hydrogens (tertiary/aromatic N) is 1. The zero-order valence-corrected chi connectivity index (χ0v) is 13.7. The van der Waals surface area contributed by atoms with Crippen molar-refractivity contribution in [1.82, 2.24) is 4.98 Å². The van der Waals surface area contributed by atoms with Gasteiger partial charge >= 0.3 is 0 Å². The average Bonchev–Trinajstić information content (AvgIpc) is 2.40. The van der Waals surface area contributed by atoms with E-state index in [1.165, 1.54) is 0 Å². The van der Waals surface area contributed by atoms with Gasteiger partial charge in [0.25, 0.3) is 0 Å². The van der Waals surface area contributed by atoms with Crippen LogP contribution in [-0.4, -0.2) is 46.6 Å². The highest BCUT2D eigenvalue weighted by atomic mass is 28.3. The predicted octanol–water partition coefficient (Wildman–Crippen LogP) is 2.35. The van der Waals surface area contributed by atoms with Crippen LogP contribution >= 0.6 is 0 Å². The zero-order chi connectivity index (χ0) is 14.8. The molecule has 1 aromatic heterocycles. The zero-order valence-electron chi connectivity index (χ0n) is 12.7. The number of aromatic nitrogens is 1. The molecule has 0 saturated carbocycles. The normalized spacial score (nSPS) is 10.8. The van der Waals surface area contributed by atoms with E-state index in [-0.39, 0.29) is 0 Å². The first-order valence-electron chi connectivity index (χ1n) is 6.69. The summed E-state index contributed by atoms with van der Waals surface area (Å²) in [7, 11) is 0.288. The predicted molar refractivity (Wildman–Crippen MR) is 82.7 cm³/mol.